The van der Waals surface area contributed by atoms with Gasteiger partial charge in [0.15, 0.2) is 6.29 Å². The first kappa shape index (κ1) is 71.9. The second-order valence-corrected chi connectivity index (χ2v) is 21.4. The molecule has 9 nitrogen and oxygen atoms in total. The van der Waals surface area contributed by atoms with Crippen LogP contribution in [0.3, 0.4) is 0 Å². The van der Waals surface area contributed by atoms with Crippen molar-refractivity contribution in [3.63, 3.8) is 0 Å². The van der Waals surface area contributed by atoms with E-state index < -0.39 is 49.5 Å². The Morgan fingerprint density at radius 1 is 0.455 bits per heavy atom. The van der Waals surface area contributed by atoms with E-state index in [1.54, 1.807) is 6.08 Å². The molecule has 0 radical (unpaired) electrons. The van der Waals surface area contributed by atoms with Crippen LogP contribution in [0.25, 0.3) is 0 Å². The zero-order valence-electron chi connectivity index (χ0n) is 49.2. The van der Waals surface area contributed by atoms with Crippen molar-refractivity contribution in [3.05, 3.63) is 109 Å². The first-order valence-corrected chi connectivity index (χ1v) is 31.6. The molecule has 1 heterocycles. The predicted molar refractivity (Wildman–Crippen MR) is 327 cm³/mol. The topological polar surface area (TPSA) is 149 Å². The van der Waals surface area contributed by atoms with Crippen LogP contribution < -0.4 is 5.32 Å². The van der Waals surface area contributed by atoms with Crippen LogP contribution in [-0.4, -0.2) is 87.5 Å². The Labute approximate surface area is 472 Å². The van der Waals surface area contributed by atoms with E-state index in [1.165, 1.54) is 154 Å². The Balaban J connectivity index is 2.22. The van der Waals surface area contributed by atoms with Crippen molar-refractivity contribution < 1.29 is 39.8 Å². The number of aliphatic hydroxyl groups excluding tert-OH is 5. The summed E-state index contributed by atoms with van der Waals surface area (Å²) in [4.78, 5) is 13.1. The minimum Gasteiger partial charge on any atom is -0.394 e. The minimum absolute atomic E-state index is 0.196. The highest BCUT2D eigenvalue weighted by molar-refractivity contribution is 5.76. The van der Waals surface area contributed by atoms with Gasteiger partial charge in [0.2, 0.25) is 5.91 Å². The average Bonchev–Trinajstić information content (AvgIpc) is 3.43. The molecule has 9 heteroatoms. The molecule has 0 bridgehead atoms. The number of amides is 1. The van der Waals surface area contributed by atoms with E-state index in [1.807, 2.05) is 6.08 Å². The summed E-state index contributed by atoms with van der Waals surface area (Å²) in [5.41, 5.74) is 0. The van der Waals surface area contributed by atoms with Gasteiger partial charge in [0, 0.05) is 6.42 Å². The van der Waals surface area contributed by atoms with Gasteiger partial charge in [0.05, 0.1) is 25.4 Å². The van der Waals surface area contributed by atoms with E-state index >= 15 is 0 Å². The molecule has 0 aromatic rings. The minimum atomic E-state index is -1.58. The fourth-order valence-corrected chi connectivity index (χ4v) is 9.37. The second-order valence-electron chi connectivity index (χ2n) is 21.4. The van der Waals surface area contributed by atoms with E-state index in [9.17, 15) is 30.3 Å². The fourth-order valence-electron chi connectivity index (χ4n) is 9.37. The van der Waals surface area contributed by atoms with Gasteiger partial charge in [0.25, 0.3) is 0 Å². The molecule has 0 aromatic carbocycles. The number of allylic oxidation sites excluding steroid dienone is 17. The zero-order valence-corrected chi connectivity index (χ0v) is 49.2. The van der Waals surface area contributed by atoms with Crippen LogP contribution in [0.2, 0.25) is 0 Å². The molecular weight excluding hydrogens is 959 g/mol. The van der Waals surface area contributed by atoms with Gasteiger partial charge < -0.3 is 40.3 Å². The maximum atomic E-state index is 13.1. The average molecular weight is 1080 g/mol. The van der Waals surface area contributed by atoms with Gasteiger partial charge in [-0.25, -0.2) is 0 Å². The molecule has 77 heavy (non-hydrogen) atoms. The molecule has 0 spiro atoms. The largest absolute Gasteiger partial charge is 0.394 e. The van der Waals surface area contributed by atoms with Crippen molar-refractivity contribution in [2.24, 2.45) is 0 Å². The molecular formula is C68H117NO8. The maximum absolute atomic E-state index is 13.1. The molecule has 1 fully saturated rings. The first-order chi connectivity index (χ1) is 37.8. The van der Waals surface area contributed by atoms with E-state index in [4.69, 9.17) is 9.47 Å². The monoisotopic (exact) mass is 1080 g/mol. The third kappa shape index (κ3) is 45.3. The quantitative estimate of drug-likeness (QED) is 0.0261. The Morgan fingerprint density at radius 2 is 0.818 bits per heavy atom. The summed E-state index contributed by atoms with van der Waals surface area (Å²) in [7, 11) is 0. The summed E-state index contributed by atoms with van der Waals surface area (Å²) in [5.74, 6) is -0.196. The molecule has 0 saturated carbocycles. The normalized spacial score (nSPS) is 19.5. The number of unbranched alkanes of at least 4 members (excludes halogenated alkanes) is 27. The zero-order chi connectivity index (χ0) is 55.8. The summed E-state index contributed by atoms with van der Waals surface area (Å²) >= 11 is 0. The molecule has 6 N–H and O–H groups in total. The van der Waals surface area contributed by atoms with Crippen molar-refractivity contribution in [2.45, 2.75) is 301 Å². The lowest BCUT2D eigenvalue weighted by Gasteiger charge is -2.40. The summed E-state index contributed by atoms with van der Waals surface area (Å²) in [6.45, 7) is 3.65. The highest BCUT2D eigenvalue weighted by atomic mass is 16.7. The van der Waals surface area contributed by atoms with Gasteiger partial charge >= 0.3 is 0 Å². The number of carbonyl (C=O) groups is 1. The van der Waals surface area contributed by atoms with Crippen LogP contribution in [0.1, 0.15) is 258 Å². The standard InChI is InChI=1S/C68H117NO8/c1-3-5-7-9-11-13-15-17-19-21-23-25-27-28-29-30-31-32-33-34-36-38-40-42-44-46-48-50-52-54-56-58-64(72)69-61(60-76-68-67(75)66(74)65(73)63(59-70)77-68)62(71)57-55-53-51-49-47-45-43-41-39-37-35-26-24-22-20-18-16-14-12-10-8-6-4-2/h5,7,11,13,17,19,23,25,28-29,31-32,39,41,47,49,55,57,61-63,65-68,70-71,73-75H,3-4,6,8-10,12,14-16,18,20-22,24,26-27,30,33-38,40,42-46,48,50-54,56,58-60H2,1-2H3,(H,69,72)/b7-5-,13-11-,19-17-,25-23-,29-28-,32-31-,41-39+,49-47+,57-55+. The second kappa shape index (κ2) is 56.1. The number of rotatable bonds is 53. The molecule has 0 aliphatic carbocycles. The Bertz CT molecular complexity index is 1580. The lowest BCUT2D eigenvalue weighted by molar-refractivity contribution is -0.302. The number of hydrogen-bond donors (Lipinski definition) is 6. The number of ether oxygens (including phenoxy) is 2. The summed E-state index contributed by atoms with van der Waals surface area (Å²) < 4.78 is 11.3. The molecule has 1 amide bonds. The number of nitrogens with one attached hydrogen (secondary N) is 1. The van der Waals surface area contributed by atoms with Gasteiger partial charge in [-0.2, -0.15) is 0 Å². The van der Waals surface area contributed by atoms with Crippen LogP contribution in [-0.2, 0) is 14.3 Å². The predicted octanol–water partition coefficient (Wildman–Crippen LogP) is 16.5. The molecule has 1 aliphatic heterocycles. The molecule has 442 valence electrons. The molecule has 1 rings (SSSR count). The number of hydrogen-bond acceptors (Lipinski definition) is 8. The van der Waals surface area contributed by atoms with E-state index in [-0.39, 0.29) is 12.5 Å². The van der Waals surface area contributed by atoms with Crippen LogP contribution in [0.5, 0.6) is 0 Å². The van der Waals surface area contributed by atoms with Crippen LogP contribution >= 0.6 is 0 Å². The molecule has 1 saturated heterocycles. The highest BCUT2D eigenvalue weighted by Crippen LogP contribution is 2.23. The first-order valence-electron chi connectivity index (χ1n) is 31.6. The van der Waals surface area contributed by atoms with Crippen LogP contribution in [0.4, 0.5) is 0 Å². The lowest BCUT2D eigenvalue weighted by Crippen LogP contribution is -2.60. The van der Waals surface area contributed by atoms with Crippen molar-refractivity contribution in [3.8, 4) is 0 Å². The van der Waals surface area contributed by atoms with Crippen LogP contribution in [0, 0.1) is 0 Å². The molecule has 7 unspecified atom stereocenters. The Morgan fingerprint density at radius 3 is 1.25 bits per heavy atom. The third-order valence-electron chi connectivity index (χ3n) is 14.3. The Kier molecular flexibility index (Phi) is 52.4. The van der Waals surface area contributed by atoms with Crippen molar-refractivity contribution in [2.75, 3.05) is 13.2 Å². The van der Waals surface area contributed by atoms with E-state index in [0.717, 1.165) is 83.5 Å². The van der Waals surface area contributed by atoms with Crippen molar-refractivity contribution >= 4 is 5.91 Å². The van der Waals surface area contributed by atoms with Crippen molar-refractivity contribution in [1.82, 2.24) is 5.32 Å². The van der Waals surface area contributed by atoms with Gasteiger partial charge in [-0.3, -0.25) is 4.79 Å². The maximum Gasteiger partial charge on any atom is 0.220 e. The summed E-state index contributed by atoms with van der Waals surface area (Å²) in [5, 5.41) is 54.6. The molecule has 0 aromatic heterocycles. The third-order valence-corrected chi connectivity index (χ3v) is 14.3. The van der Waals surface area contributed by atoms with E-state index in [0.29, 0.717) is 6.42 Å². The number of carbonyl (C=O) groups excluding carboxylic acids is 1. The molecule has 7 atom stereocenters. The van der Waals surface area contributed by atoms with Gasteiger partial charge in [-0.1, -0.05) is 264 Å². The lowest BCUT2D eigenvalue weighted by atomic mass is 9.99. The van der Waals surface area contributed by atoms with Gasteiger partial charge in [0.1, 0.15) is 24.4 Å². The van der Waals surface area contributed by atoms with Crippen LogP contribution in [0.15, 0.2) is 109 Å². The summed E-state index contributed by atoms with van der Waals surface area (Å²) in [6, 6.07) is -0.837. The van der Waals surface area contributed by atoms with Crippen molar-refractivity contribution in [1.29, 1.82) is 0 Å². The smallest absolute Gasteiger partial charge is 0.220 e. The van der Waals surface area contributed by atoms with Gasteiger partial charge in [-0.05, 0) is 96.3 Å². The fraction of sp³-hybridized carbons (Fsp3) is 0.721. The highest BCUT2D eigenvalue weighted by Gasteiger charge is 2.44. The Hall–Kier alpha value is -3.15. The number of aliphatic hydroxyl groups is 5. The van der Waals surface area contributed by atoms with Gasteiger partial charge in [-0.15, -0.1) is 0 Å². The SMILES string of the molecule is CC/C=C\C/C=C\C/C=C\C/C=C\C/C=C\C/C=C\CCCCCCCCCCCCCCC(=O)NC(COC1OC(CO)C(O)C(O)C1O)C(O)/C=C/CC/C=C/CC/C=C/CCCCCCCCCCCCCCC. The van der Waals surface area contributed by atoms with E-state index in [2.05, 4.69) is 116 Å². The molecule has 1 aliphatic rings. The summed E-state index contributed by atoms with van der Waals surface area (Å²) in [6.07, 6.45) is 75.9.